The van der Waals surface area contributed by atoms with Crippen LogP contribution in [0.2, 0.25) is 5.02 Å². The number of likely N-dealkylation sites (tertiary alicyclic amines) is 1. The van der Waals surface area contributed by atoms with Crippen LogP contribution >= 0.6 is 23.4 Å². The fourth-order valence-corrected chi connectivity index (χ4v) is 5.57. The summed E-state index contributed by atoms with van der Waals surface area (Å²) in [6.07, 6.45) is 6.59. The van der Waals surface area contributed by atoms with Gasteiger partial charge in [-0.2, -0.15) is 0 Å². The lowest BCUT2D eigenvalue weighted by molar-refractivity contribution is -0.126. The predicted octanol–water partition coefficient (Wildman–Crippen LogP) is 5.97. The first-order valence-electron chi connectivity index (χ1n) is 10.5. The van der Waals surface area contributed by atoms with Crippen LogP contribution in [0.4, 0.5) is 4.39 Å². The zero-order valence-corrected chi connectivity index (χ0v) is 18.5. The van der Waals surface area contributed by atoms with E-state index in [1.165, 1.54) is 43.2 Å². The molecule has 30 heavy (non-hydrogen) atoms. The number of carbonyl (C=O) groups excluding carboxylic acids is 1. The Morgan fingerprint density at radius 2 is 1.87 bits per heavy atom. The van der Waals surface area contributed by atoms with Crippen LogP contribution in [0, 0.1) is 5.82 Å². The first kappa shape index (κ1) is 21.4. The maximum absolute atomic E-state index is 13.6. The van der Waals surface area contributed by atoms with Crippen molar-refractivity contribution in [1.82, 2.24) is 9.80 Å². The molecule has 2 fully saturated rings. The molecule has 0 saturated carbocycles. The van der Waals surface area contributed by atoms with Crippen LogP contribution in [0.1, 0.15) is 42.2 Å². The maximum atomic E-state index is 13.6. The number of thioether (sulfide) groups is 1. The first-order valence-corrected chi connectivity index (χ1v) is 11.8. The zero-order valence-electron chi connectivity index (χ0n) is 16.9. The Labute approximate surface area is 186 Å². The van der Waals surface area contributed by atoms with Crippen LogP contribution in [0.5, 0.6) is 0 Å². The summed E-state index contributed by atoms with van der Waals surface area (Å²) in [6.45, 7) is 4.02. The summed E-state index contributed by atoms with van der Waals surface area (Å²) in [7, 11) is 0. The number of rotatable bonds is 6. The van der Waals surface area contributed by atoms with Crippen LogP contribution in [-0.4, -0.2) is 41.9 Å². The zero-order chi connectivity index (χ0) is 20.9. The molecule has 2 aliphatic rings. The summed E-state index contributed by atoms with van der Waals surface area (Å²) < 4.78 is 13.6. The van der Waals surface area contributed by atoms with Gasteiger partial charge in [-0.3, -0.25) is 4.79 Å². The Balaban J connectivity index is 1.53. The van der Waals surface area contributed by atoms with E-state index in [1.54, 1.807) is 12.1 Å². The fourth-order valence-electron chi connectivity index (χ4n) is 4.10. The SMILES string of the molecule is O=C1/C(=C/c2cccc(F)c2)SC(c2cccc(Cl)c2)N1CCCN1CCCCC1. The van der Waals surface area contributed by atoms with Gasteiger partial charge in [-0.1, -0.05) is 54.0 Å². The lowest BCUT2D eigenvalue weighted by atomic mass is 10.1. The molecule has 0 N–H and O–H groups in total. The normalized spacial score (nSPS) is 21.5. The van der Waals surface area contributed by atoms with Gasteiger partial charge >= 0.3 is 0 Å². The van der Waals surface area contributed by atoms with Gasteiger partial charge in [-0.05, 0) is 80.4 Å². The minimum Gasteiger partial charge on any atom is -0.322 e. The molecule has 0 spiro atoms. The number of nitrogens with zero attached hydrogens (tertiary/aromatic N) is 2. The van der Waals surface area contributed by atoms with Crippen LogP contribution in [-0.2, 0) is 4.79 Å². The Morgan fingerprint density at radius 3 is 2.63 bits per heavy atom. The second-order valence-corrected chi connectivity index (χ2v) is 9.40. The summed E-state index contributed by atoms with van der Waals surface area (Å²) in [4.78, 5) is 18.3. The second-order valence-electron chi connectivity index (χ2n) is 7.84. The number of piperidine rings is 1. The van der Waals surface area contributed by atoms with E-state index in [-0.39, 0.29) is 17.1 Å². The van der Waals surface area contributed by atoms with Crippen LogP contribution in [0.25, 0.3) is 6.08 Å². The van der Waals surface area contributed by atoms with Crippen molar-refractivity contribution < 1.29 is 9.18 Å². The van der Waals surface area contributed by atoms with Crippen molar-refractivity contribution in [2.45, 2.75) is 31.1 Å². The quantitative estimate of drug-likeness (QED) is 0.513. The highest BCUT2D eigenvalue weighted by atomic mass is 35.5. The molecular weight excluding hydrogens is 419 g/mol. The molecule has 0 aliphatic carbocycles. The monoisotopic (exact) mass is 444 g/mol. The molecule has 0 aromatic heterocycles. The largest absolute Gasteiger partial charge is 0.322 e. The van der Waals surface area contributed by atoms with Gasteiger partial charge in [-0.15, -0.1) is 0 Å². The molecule has 2 aromatic carbocycles. The molecule has 2 saturated heterocycles. The highest BCUT2D eigenvalue weighted by Crippen LogP contribution is 2.46. The van der Waals surface area contributed by atoms with Crippen LogP contribution in [0.15, 0.2) is 53.4 Å². The molecule has 3 nitrogen and oxygen atoms in total. The first-order chi connectivity index (χ1) is 14.6. The van der Waals surface area contributed by atoms with E-state index in [2.05, 4.69) is 4.90 Å². The molecule has 1 unspecified atom stereocenters. The van der Waals surface area contributed by atoms with E-state index in [1.807, 2.05) is 35.2 Å². The number of carbonyl (C=O) groups is 1. The smallest absolute Gasteiger partial charge is 0.261 e. The van der Waals surface area contributed by atoms with Gasteiger partial charge in [0.25, 0.3) is 5.91 Å². The van der Waals surface area contributed by atoms with Gasteiger partial charge in [0.05, 0.1) is 4.91 Å². The van der Waals surface area contributed by atoms with E-state index < -0.39 is 0 Å². The van der Waals surface area contributed by atoms with E-state index >= 15 is 0 Å². The van der Waals surface area contributed by atoms with Crippen molar-refractivity contribution in [2.75, 3.05) is 26.2 Å². The minimum atomic E-state index is -0.301. The third kappa shape index (κ3) is 5.26. The van der Waals surface area contributed by atoms with E-state index in [0.717, 1.165) is 31.6 Å². The fraction of sp³-hybridized carbons (Fsp3) is 0.375. The second kappa shape index (κ2) is 9.99. The molecule has 0 radical (unpaired) electrons. The lowest BCUT2D eigenvalue weighted by Crippen LogP contribution is -2.34. The average Bonchev–Trinajstić information content (AvgIpc) is 3.04. The van der Waals surface area contributed by atoms with Crippen LogP contribution in [0.3, 0.4) is 0 Å². The summed E-state index contributed by atoms with van der Waals surface area (Å²) in [5.74, 6) is -0.294. The third-order valence-electron chi connectivity index (χ3n) is 5.60. The standard InChI is InChI=1S/C24H26ClFN2OS/c25-20-9-5-8-19(17-20)24-28(14-6-13-27-11-2-1-3-12-27)23(29)22(30-24)16-18-7-4-10-21(26)15-18/h4-5,7-10,15-17,24H,1-3,6,11-14H2/b22-16-. The highest BCUT2D eigenvalue weighted by Gasteiger charge is 2.36. The summed E-state index contributed by atoms with van der Waals surface area (Å²) in [5, 5.41) is 0.550. The van der Waals surface area contributed by atoms with Gasteiger partial charge < -0.3 is 9.80 Å². The lowest BCUT2D eigenvalue weighted by Gasteiger charge is -2.28. The summed E-state index contributed by atoms with van der Waals surface area (Å²) in [5.41, 5.74) is 1.72. The van der Waals surface area contributed by atoms with Gasteiger partial charge in [0.1, 0.15) is 11.2 Å². The van der Waals surface area contributed by atoms with Crippen LogP contribution < -0.4 is 0 Å². The highest BCUT2D eigenvalue weighted by molar-refractivity contribution is 8.04. The van der Waals surface area contributed by atoms with E-state index in [0.29, 0.717) is 22.0 Å². The molecule has 6 heteroatoms. The number of hydrogen-bond donors (Lipinski definition) is 0. The number of halogens is 2. The number of amides is 1. The van der Waals surface area contributed by atoms with E-state index in [4.69, 9.17) is 11.6 Å². The minimum absolute atomic E-state index is 0.00730. The summed E-state index contributed by atoms with van der Waals surface area (Å²) >= 11 is 7.74. The average molecular weight is 445 g/mol. The molecule has 2 aromatic rings. The number of benzene rings is 2. The Bertz CT molecular complexity index is 929. The van der Waals surface area contributed by atoms with Gasteiger partial charge in [0, 0.05) is 11.6 Å². The van der Waals surface area contributed by atoms with Gasteiger partial charge in [-0.25, -0.2) is 4.39 Å². The van der Waals surface area contributed by atoms with E-state index in [9.17, 15) is 9.18 Å². The van der Waals surface area contributed by atoms with Crippen molar-refractivity contribution in [3.8, 4) is 0 Å². The third-order valence-corrected chi connectivity index (χ3v) is 7.13. The topological polar surface area (TPSA) is 23.6 Å². The predicted molar refractivity (Wildman–Crippen MR) is 123 cm³/mol. The van der Waals surface area contributed by atoms with Gasteiger partial charge in [0.15, 0.2) is 0 Å². The molecule has 0 bridgehead atoms. The number of hydrogen-bond acceptors (Lipinski definition) is 3. The van der Waals surface area contributed by atoms with Crippen molar-refractivity contribution in [1.29, 1.82) is 0 Å². The Hall–Kier alpha value is -1.82. The summed E-state index contributed by atoms with van der Waals surface area (Å²) in [6, 6.07) is 14.0. The molecule has 158 valence electrons. The van der Waals surface area contributed by atoms with Crippen molar-refractivity contribution >= 4 is 35.3 Å². The van der Waals surface area contributed by atoms with Gasteiger partial charge in [0.2, 0.25) is 0 Å². The molecular formula is C24H26ClFN2OS. The molecule has 1 amide bonds. The van der Waals surface area contributed by atoms with Crippen molar-refractivity contribution in [3.05, 3.63) is 75.4 Å². The Morgan fingerprint density at radius 1 is 1.07 bits per heavy atom. The Kier molecular flexibility index (Phi) is 7.13. The molecule has 2 heterocycles. The maximum Gasteiger partial charge on any atom is 0.261 e. The van der Waals surface area contributed by atoms with Crippen molar-refractivity contribution in [3.63, 3.8) is 0 Å². The molecule has 4 rings (SSSR count). The molecule has 2 aliphatic heterocycles. The molecule has 1 atom stereocenters. The van der Waals surface area contributed by atoms with Crippen molar-refractivity contribution in [2.24, 2.45) is 0 Å².